The van der Waals surface area contributed by atoms with Gasteiger partial charge in [0.1, 0.15) is 0 Å². The maximum atomic E-state index is 13.6. The molecule has 1 rings (SSSR count). The van der Waals surface area contributed by atoms with Gasteiger partial charge in [-0.1, -0.05) is 0 Å². The van der Waals surface area contributed by atoms with E-state index in [0.717, 1.165) is 6.42 Å². The topological polar surface area (TPSA) is 29.5 Å². The second-order valence-corrected chi connectivity index (χ2v) is 26.4. The standard InChI is InChI=1S/C15H28NO2.3C4H9.Sn/c1-11-10-12(14(2,3)4)8-9-16(11)13(17)18-15(5,6)7;3*1-3-4-2;/h9,11-12H,8,10H2,1-7H3;3*1,3-4H2,2H3;/t11-,12-;;;;/m0..../s1. The van der Waals surface area contributed by atoms with Crippen LogP contribution >= 0.6 is 0 Å². The van der Waals surface area contributed by atoms with Crippen LogP contribution in [0.2, 0.25) is 13.3 Å². The Morgan fingerprint density at radius 3 is 1.68 bits per heavy atom. The third-order valence-electron chi connectivity index (χ3n) is 7.56. The fourth-order valence-corrected chi connectivity index (χ4v) is 24.6. The molecule has 0 aliphatic carbocycles. The number of hydrogen-bond donors (Lipinski definition) is 0. The van der Waals surface area contributed by atoms with Gasteiger partial charge in [0.05, 0.1) is 0 Å². The van der Waals surface area contributed by atoms with Gasteiger partial charge in [0.25, 0.3) is 0 Å². The van der Waals surface area contributed by atoms with E-state index in [9.17, 15) is 4.79 Å². The normalized spacial score (nSPS) is 23.2. The van der Waals surface area contributed by atoms with Crippen LogP contribution in [0.3, 0.4) is 0 Å². The number of rotatable bonds is 10. The van der Waals surface area contributed by atoms with Gasteiger partial charge in [0.15, 0.2) is 0 Å². The van der Waals surface area contributed by atoms with Gasteiger partial charge in [0.2, 0.25) is 0 Å². The van der Waals surface area contributed by atoms with Crippen LogP contribution in [-0.2, 0) is 4.74 Å². The number of carbonyl (C=O) groups excluding carboxylic acids is 1. The first-order valence-corrected chi connectivity index (χ1v) is 21.0. The van der Waals surface area contributed by atoms with Crippen molar-refractivity contribution in [2.45, 2.75) is 150 Å². The zero-order valence-corrected chi connectivity index (χ0v) is 25.6. The molecular formula is C27H55NO2Sn. The van der Waals surface area contributed by atoms with Crippen molar-refractivity contribution < 1.29 is 9.53 Å². The predicted octanol–water partition coefficient (Wildman–Crippen LogP) is 8.83. The van der Waals surface area contributed by atoms with Crippen molar-refractivity contribution in [3.05, 3.63) is 0 Å². The number of hydrogen-bond acceptors (Lipinski definition) is 2. The van der Waals surface area contributed by atoms with Crippen molar-refractivity contribution >= 4 is 24.5 Å². The molecule has 1 fully saturated rings. The molecule has 0 bridgehead atoms. The Morgan fingerprint density at radius 1 is 0.871 bits per heavy atom. The average molecular weight is 544 g/mol. The summed E-state index contributed by atoms with van der Waals surface area (Å²) < 4.78 is 10.8. The van der Waals surface area contributed by atoms with Crippen LogP contribution in [0.15, 0.2) is 0 Å². The Kier molecular flexibility index (Phi) is 11.7. The molecule has 1 heterocycles. The fraction of sp³-hybridized carbons (Fsp3) is 0.963. The summed E-state index contributed by atoms with van der Waals surface area (Å²) in [6, 6.07) is 0.277. The van der Waals surface area contributed by atoms with Gasteiger partial charge >= 0.3 is 200 Å². The van der Waals surface area contributed by atoms with Gasteiger partial charge in [-0.15, -0.1) is 0 Å². The number of carbonyl (C=O) groups is 1. The second kappa shape index (κ2) is 12.5. The summed E-state index contributed by atoms with van der Waals surface area (Å²) in [5.41, 5.74) is -0.138. The van der Waals surface area contributed by atoms with Crippen molar-refractivity contribution in [2.24, 2.45) is 11.3 Å². The minimum atomic E-state index is -2.67. The van der Waals surface area contributed by atoms with E-state index in [4.69, 9.17) is 4.74 Å². The molecule has 1 aliphatic heterocycles. The SMILES string of the molecule is CCC[CH2][Sn]([CH2]CCC)([CH2]CCC)[C@H]1C[C@H](C(C)(C)C)C[C@H](C)N1C(=O)OC(C)(C)C. The van der Waals surface area contributed by atoms with E-state index in [-0.39, 0.29) is 12.1 Å². The average Bonchev–Trinajstić information content (AvgIpc) is 2.65. The van der Waals surface area contributed by atoms with Crippen molar-refractivity contribution in [3.63, 3.8) is 0 Å². The molecule has 0 aromatic heterocycles. The summed E-state index contributed by atoms with van der Waals surface area (Å²) in [5.74, 6) is 0.687. The first-order chi connectivity index (χ1) is 14.3. The van der Waals surface area contributed by atoms with Gasteiger partial charge in [0, 0.05) is 0 Å². The van der Waals surface area contributed by atoms with Gasteiger partial charge in [-0.2, -0.15) is 0 Å². The van der Waals surface area contributed by atoms with E-state index in [1.807, 2.05) is 20.8 Å². The second-order valence-electron chi connectivity index (χ2n) is 12.5. The van der Waals surface area contributed by atoms with Crippen LogP contribution < -0.4 is 0 Å². The number of unbranched alkanes of at least 4 members (excludes halogenated alkanes) is 3. The Morgan fingerprint density at radius 2 is 1.32 bits per heavy atom. The van der Waals surface area contributed by atoms with Crippen LogP contribution in [-0.4, -0.2) is 45.1 Å². The Labute approximate surface area is 199 Å². The summed E-state index contributed by atoms with van der Waals surface area (Å²) >= 11 is -2.67. The molecule has 3 atom stereocenters. The molecule has 1 aliphatic rings. The summed E-state index contributed by atoms with van der Waals surface area (Å²) in [5, 5.41) is 0. The van der Waals surface area contributed by atoms with Crippen molar-refractivity contribution in [2.75, 3.05) is 0 Å². The monoisotopic (exact) mass is 545 g/mol. The molecule has 1 saturated heterocycles. The number of ether oxygens (including phenoxy) is 1. The zero-order chi connectivity index (χ0) is 23.9. The molecule has 0 N–H and O–H groups in total. The summed E-state index contributed by atoms with van der Waals surface area (Å²) in [7, 11) is 0. The Balaban J connectivity index is 3.48. The molecule has 184 valence electrons. The van der Waals surface area contributed by atoms with E-state index < -0.39 is 24.0 Å². The number of likely N-dealkylation sites (tertiary alicyclic amines) is 1. The molecule has 4 heteroatoms. The van der Waals surface area contributed by atoms with E-state index in [2.05, 4.69) is 53.4 Å². The van der Waals surface area contributed by atoms with Crippen LogP contribution in [0.25, 0.3) is 0 Å². The number of amides is 1. The molecule has 3 nitrogen and oxygen atoms in total. The van der Waals surface area contributed by atoms with Crippen LogP contribution in [0.1, 0.15) is 121 Å². The van der Waals surface area contributed by atoms with Gasteiger partial charge in [-0.3, -0.25) is 0 Å². The van der Waals surface area contributed by atoms with Gasteiger partial charge < -0.3 is 0 Å². The van der Waals surface area contributed by atoms with Crippen LogP contribution in [0.4, 0.5) is 4.79 Å². The molecule has 0 spiro atoms. The fourth-order valence-electron chi connectivity index (χ4n) is 5.65. The predicted molar refractivity (Wildman–Crippen MR) is 138 cm³/mol. The van der Waals surface area contributed by atoms with Gasteiger partial charge in [-0.25, -0.2) is 0 Å². The molecule has 0 saturated carbocycles. The first-order valence-electron chi connectivity index (χ1n) is 13.3. The third-order valence-corrected chi connectivity index (χ3v) is 24.6. The Bertz CT molecular complexity index is 513. The molecule has 31 heavy (non-hydrogen) atoms. The summed E-state index contributed by atoms with van der Waals surface area (Å²) in [6.07, 6.45) is 10.1. The van der Waals surface area contributed by atoms with E-state index in [0.29, 0.717) is 15.4 Å². The summed E-state index contributed by atoms with van der Waals surface area (Å²) in [6.45, 7) is 22.6. The molecule has 0 radical (unpaired) electrons. The minimum absolute atomic E-state index is 0.0390. The molecule has 1 amide bonds. The molecule has 0 aromatic carbocycles. The molecule has 0 unspecified atom stereocenters. The third kappa shape index (κ3) is 8.74. The van der Waals surface area contributed by atoms with Gasteiger partial charge in [-0.05, 0) is 0 Å². The number of piperidine rings is 1. The zero-order valence-electron chi connectivity index (χ0n) is 22.8. The molecule has 0 aromatic rings. The van der Waals surface area contributed by atoms with E-state index in [1.54, 1.807) is 0 Å². The van der Waals surface area contributed by atoms with Crippen LogP contribution in [0, 0.1) is 11.3 Å². The van der Waals surface area contributed by atoms with Crippen LogP contribution in [0.5, 0.6) is 0 Å². The number of nitrogens with zero attached hydrogens (tertiary/aromatic N) is 1. The van der Waals surface area contributed by atoms with Crippen molar-refractivity contribution in [3.8, 4) is 0 Å². The first kappa shape index (κ1) is 29.1. The Hall–Kier alpha value is 0.0687. The van der Waals surface area contributed by atoms with Crippen molar-refractivity contribution in [1.82, 2.24) is 4.90 Å². The van der Waals surface area contributed by atoms with E-state index >= 15 is 0 Å². The summed E-state index contributed by atoms with van der Waals surface area (Å²) in [4.78, 5) is 15.9. The van der Waals surface area contributed by atoms with Crippen molar-refractivity contribution in [1.29, 1.82) is 0 Å². The maximum absolute atomic E-state index is 13.6. The van der Waals surface area contributed by atoms with E-state index in [1.165, 1.54) is 58.3 Å². The molecular weight excluding hydrogens is 489 g/mol. The quantitative estimate of drug-likeness (QED) is 0.257.